The molecule has 7 heteroatoms. The fourth-order valence-corrected chi connectivity index (χ4v) is 3.46. The smallest absolute Gasteiger partial charge is 0.267 e. The maximum absolute atomic E-state index is 6.21. The van der Waals surface area contributed by atoms with Gasteiger partial charge in [-0.15, -0.1) is 12.4 Å². The fourth-order valence-electron chi connectivity index (χ4n) is 3.46. The molecule has 2 unspecified atom stereocenters. The summed E-state index contributed by atoms with van der Waals surface area (Å²) in [6.45, 7) is 4.72. The van der Waals surface area contributed by atoms with Crippen molar-refractivity contribution in [3.63, 3.8) is 0 Å². The van der Waals surface area contributed by atoms with Crippen LogP contribution in [0, 0.1) is 0 Å². The van der Waals surface area contributed by atoms with E-state index in [0.717, 1.165) is 37.4 Å². The molecular weight excluding hydrogens is 388 g/mol. The quantitative estimate of drug-likeness (QED) is 0.662. The molecule has 0 aliphatic carbocycles. The number of hydrogen-bond acceptors (Lipinski definition) is 6. The van der Waals surface area contributed by atoms with E-state index in [1.807, 2.05) is 31.2 Å². The summed E-state index contributed by atoms with van der Waals surface area (Å²) in [5, 5.41) is 7.57. The Balaban J connectivity index is 0.00000240. The van der Waals surface area contributed by atoms with Crippen molar-refractivity contribution in [2.45, 2.75) is 25.5 Å². The number of aromatic nitrogens is 2. The minimum absolute atomic E-state index is 0. The second kappa shape index (κ2) is 9.87. The number of nitrogens with zero attached hydrogens (tertiary/aromatic N) is 3. The second-order valence-corrected chi connectivity index (χ2v) is 7.22. The normalized spacial score (nSPS) is 18.1. The van der Waals surface area contributed by atoms with Crippen LogP contribution in [-0.2, 0) is 6.42 Å². The van der Waals surface area contributed by atoms with Gasteiger partial charge >= 0.3 is 0 Å². The van der Waals surface area contributed by atoms with E-state index in [1.54, 1.807) is 0 Å². The summed E-state index contributed by atoms with van der Waals surface area (Å²) in [5.41, 5.74) is 2.38. The standard InChI is InChI=1S/C22H26N4O2.ClH/c1-16(22-24-21(25-28-22)19-15-23-12-13-26(19)2)27-20-11-7-6-10-18(20)14-17-8-4-3-5-9-17;/h3-11,16,19,23H,12-15H2,1-2H3;1H. The van der Waals surface area contributed by atoms with Gasteiger partial charge in [-0.05, 0) is 31.2 Å². The first-order chi connectivity index (χ1) is 13.7. The predicted octanol–water partition coefficient (Wildman–Crippen LogP) is 3.80. The van der Waals surface area contributed by atoms with Gasteiger partial charge in [-0.2, -0.15) is 4.98 Å². The number of rotatable bonds is 6. The molecular formula is C22H27ClN4O2. The maximum Gasteiger partial charge on any atom is 0.267 e. The predicted molar refractivity (Wildman–Crippen MR) is 115 cm³/mol. The number of para-hydroxylation sites is 1. The van der Waals surface area contributed by atoms with Gasteiger partial charge in [0.25, 0.3) is 5.89 Å². The Kier molecular flexibility index (Phi) is 7.25. The molecule has 0 amide bonds. The Hall–Kier alpha value is -2.41. The van der Waals surface area contributed by atoms with Crippen LogP contribution in [-0.4, -0.2) is 41.7 Å². The van der Waals surface area contributed by atoms with E-state index >= 15 is 0 Å². The molecule has 29 heavy (non-hydrogen) atoms. The van der Waals surface area contributed by atoms with Gasteiger partial charge in [-0.1, -0.05) is 53.7 Å². The first kappa shape index (κ1) is 21.3. The maximum atomic E-state index is 6.21. The molecule has 1 fully saturated rings. The Morgan fingerprint density at radius 2 is 1.93 bits per heavy atom. The van der Waals surface area contributed by atoms with Gasteiger partial charge in [-0.25, -0.2) is 0 Å². The van der Waals surface area contributed by atoms with Crippen LogP contribution in [0.25, 0.3) is 0 Å². The minimum Gasteiger partial charge on any atom is -0.481 e. The Morgan fingerprint density at radius 3 is 2.72 bits per heavy atom. The summed E-state index contributed by atoms with van der Waals surface area (Å²) >= 11 is 0. The number of benzene rings is 2. The van der Waals surface area contributed by atoms with Gasteiger partial charge in [0.05, 0.1) is 6.04 Å². The Labute approximate surface area is 177 Å². The number of nitrogens with one attached hydrogen (secondary N) is 1. The van der Waals surface area contributed by atoms with Crippen LogP contribution in [0.15, 0.2) is 59.1 Å². The lowest BCUT2D eigenvalue weighted by atomic mass is 10.0. The molecule has 0 spiro atoms. The van der Waals surface area contributed by atoms with E-state index < -0.39 is 0 Å². The number of piperazine rings is 1. The molecule has 6 nitrogen and oxygen atoms in total. The van der Waals surface area contributed by atoms with Crippen molar-refractivity contribution in [3.05, 3.63) is 77.4 Å². The van der Waals surface area contributed by atoms with Gasteiger partial charge in [0.15, 0.2) is 11.9 Å². The molecule has 154 valence electrons. The number of halogens is 1. The van der Waals surface area contributed by atoms with Gasteiger partial charge in [0.1, 0.15) is 5.75 Å². The molecule has 1 N–H and O–H groups in total. The topological polar surface area (TPSA) is 63.4 Å². The van der Waals surface area contributed by atoms with Crippen LogP contribution < -0.4 is 10.1 Å². The van der Waals surface area contributed by atoms with Gasteiger partial charge in [-0.3, -0.25) is 4.90 Å². The van der Waals surface area contributed by atoms with E-state index in [4.69, 9.17) is 9.26 Å². The van der Waals surface area contributed by atoms with Gasteiger partial charge < -0.3 is 14.6 Å². The third kappa shape index (κ3) is 5.15. The van der Waals surface area contributed by atoms with Crippen LogP contribution in [0.3, 0.4) is 0 Å². The monoisotopic (exact) mass is 414 g/mol. The summed E-state index contributed by atoms with van der Waals surface area (Å²) in [5.74, 6) is 2.05. The third-order valence-electron chi connectivity index (χ3n) is 5.13. The summed E-state index contributed by atoms with van der Waals surface area (Å²) < 4.78 is 11.7. The van der Waals surface area contributed by atoms with E-state index in [2.05, 4.69) is 57.7 Å². The molecule has 2 heterocycles. The highest BCUT2D eigenvalue weighted by Crippen LogP contribution is 2.27. The summed E-state index contributed by atoms with van der Waals surface area (Å²) in [6.07, 6.45) is 0.497. The van der Waals surface area contributed by atoms with Crippen molar-refractivity contribution in [1.82, 2.24) is 20.4 Å². The van der Waals surface area contributed by atoms with Crippen LogP contribution >= 0.6 is 12.4 Å². The highest BCUT2D eigenvalue weighted by Gasteiger charge is 2.27. The molecule has 2 atom stereocenters. The highest BCUT2D eigenvalue weighted by molar-refractivity contribution is 5.85. The molecule has 1 aliphatic heterocycles. The second-order valence-electron chi connectivity index (χ2n) is 7.22. The van der Waals surface area contributed by atoms with Crippen molar-refractivity contribution in [1.29, 1.82) is 0 Å². The van der Waals surface area contributed by atoms with Crippen LogP contribution in [0.2, 0.25) is 0 Å². The van der Waals surface area contributed by atoms with Crippen LogP contribution in [0.4, 0.5) is 0 Å². The lowest BCUT2D eigenvalue weighted by molar-refractivity contribution is 0.172. The molecule has 1 aliphatic rings. The largest absolute Gasteiger partial charge is 0.481 e. The van der Waals surface area contributed by atoms with E-state index in [-0.39, 0.29) is 24.6 Å². The summed E-state index contributed by atoms with van der Waals surface area (Å²) in [7, 11) is 2.08. The SMILES string of the molecule is CC(Oc1ccccc1Cc1ccccc1)c1nc(C2CNCCN2C)no1.Cl. The minimum atomic E-state index is -0.319. The molecule has 1 saturated heterocycles. The van der Waals surface area contributed by atoms with Gasteiger partial charge in [0, 0.05) is 26.1 Å². The first-order valence-corrected chi connectivity index (χ1v) is 9.73. The molecule has 4 rings (SSSR count). The van der Waals surface area contributed by atoms with Crippen molar-refractivity contribution < 1.29 is 9.26 Å². The molecule has 1 aromatic heterocycles. The van der Waals surface area contributed by atoms with Crippen molar-refractivity contribution in [2.24, 2.45) is 0 Å². The lowest BCUT2D eigenvalue weighted by Crippen LogP contribution is -2.44. The van der Waals surface area contributed by atoms with Crippen molar-refractivity contribution in [3.8, 4) is 5.75 Å². The number of likely N-dealkylation sites (N-methyl/N-ethyl adjacent to an activating group) is 1. The van der Waals surface area contributed by atoms with Crippen molar-refractivity contribution >= 4 is 12.4 Å². The zero-order chi connectivity index (χ0) is 19.3. The summed E-state index contributed by atoms with van der Waals surface area (Å²) in [6, 6.07) is 18.6. The van der Waals surface area contributed by atoms with Crippen LogP contribution in [0.1, 0.15) is 41.9 Å². The fraction of sp³-hybridized carbons (Fsp3) is 0.364. The number of hydrogen-bond donors (Lipinski definition) is 1. The first-order valence-electron chi connectivity index (χ1n) is 9.73. The zero-order valence-corrected chi connectivity index (χ0v) is 17.6. The highest BCUT2D eigenvalue weighted by atomic mass is 35.5. The average Bonchev–Trinajstić information content (AvgIpc) is 3.21. The Morgan fingerprint density at radius 1 is 1.17 bits per heavy atom. The molecule has 3 aromatic rings. The van der Waals surface area contributed by atoms with Crippen molar-refractivity contribution in [2.75, 3.05) is 26.7 Å². The Bertz CT molecular complexity index is 903. The third-order valence-corrected chi connectivity index (χ3v) is 5.13. The summed E-state index contributed by atoms with van der Waals surface area (Å²) in [4.78, 5) is 6.85. The lowest BCUT2D eigenvalue weighted by Gasteiger charge is -2.30. The van der Waals surface area contributed by atoms with E-state index in [1.165, 1.54) is 5.56 Å². The molecule has 0 radical (unpaired) electrons. The zero-order valence-electron chi connectivity index (χ0n) is 16.7. The van der Waals surface area contributed by atoms with Crippen LogP contribution in [0.5, 0.6) is 5.75 Å². The van der Waals surface area contributed by atoms with E-state index in [9.17, 15) is 0 Å². The average molecular weight is 415 g/mol. The van der Waals surface area contributed by atoms with E-state index in [0.29, 0.717) is 11.7 Å². The molecule has 0 bridgehead atoms. The molecule has 2 aromatic carbocycles. The number of ether oxygens (including phenoxy) is 1. The molecule has 0 saturated carbocycles. The van der Waals surface area contributed by atoms with Gasteiger partial charge in [0.2, 0.25) is 0 Å².